The molecule has 20 heavy (non-hydrogen) atoms. The number of hydrogen-bond donors (Lipinski definition) is 2. The van der Waals surface area contributed by atoms with E-state index in [4.69, 9.17) is 5.73 Å². The Morgan fingerprint density at radius 1 is 1.45 bits per heavy atom. The number of nitrogen functional groups attached to an aromatic ring is 1. The van der Waals surface area contributed by atoms with Crippen molar-refractivity contribution < 1.29 is 4.79 Å². The molecular formula is C16H17N3O. The number of carbonyl (C=O) groups is 1. The molecule has 1 unspecified atom stereocenters. The smallest absolute Gasteiger partial charge is 0.253 e. The van der Waals surface area contributed by atoms with E-state index in [1.165, 1.54) is 11.1 Å². The molecule has 0 bridgehead atoms. The van der Waals surface area contributed by atoms with E-state index in [1.54, 1.807) is 12.3 Å². The van der Waals surface area contributed by atoms with Gasteiger partial charge >= 0.3 is 0 Å². The fourth-order valence-electron chi connectivity index (χ4n) is 2.64. The van der Waals surface area contributed by atoms with Crippen LogP contribution in [0.1, 0.15) is 33.1 Å². The molecule has 102 valence electrons. The van der Waals surface area contributed by atoms with E-state index in [9.17, 15) is 4.79 Å². The van der Waals surface area contributed by atoms with Gasteiger partial charge in [0.1, 0.15) is 0 Å². The number of benzene rings is 1. The fraction of sp³-hybridized carbons (Fsp3) is 0.250. The van der Waals surface area contributed by atoms with Gasteiger partial charge in [-0.3, -0.25) is 9.78 Å². The van der Waals surface area contributed by atoms with Crippen LogP contribution in [-0.4, -0.2) is 17.4 Å². The van der Waals surface area contributed by atoms with Crippen LogP contribution in [0.4, 0.5) is 5.69 Å². The first-order valence-corrected chi connectivity index (χ1v) is 6.73. The Hall–Kier alpha value is -2.36. The first-order valence-electron chi connectivity index (χ1n) is 6.73. The molecule has 1 aromatic carbocycles. The summed E-state index contributed by atoms with van der Waals surface area (Å²) in [5.41, 5.74) is 10.2. The molecule has 0 spiro atoms. The average Bonchev–Trinajstić information content (AvgIpc) is 2.42. The second kappa shape index (κ2) is 4.96. The highest BCUT2D eigenvalue weighted by atomic mass is 16.1. The Kier molecular flexibility index (Phi) is 3.14. The number of pyridine rings is 1. The van der Waals surface area contributed by atoms with E-state index in [0.717, 1.165) is 6.42 Å². The van der Waals surface area contributed by atoms with Gasteiger partial charge in [-0.2, -0.15) is 0 Å². The summed E-state index contributed by atoms with van der Waals surface area (Å²) in [5.74, 6) is 0.316. The van der Waals surface area contributed by atoms with E-state index in [-0.39, 0.29) is 5.91 Å². The number of aromatic nitrogens is 1. The van der Waals surface area contributed by atoms with Crippen LogP contribution in [0.2, 0.25) is 0 Å². The van der Waals surface area contributed by atoms with Crippen LogP contribution in [0.3, 0.4) is 0 Å². The molecule has 1 atom stereocenters. The Bertz CT molecular complexity index is 667. The maximum atomic E-state index is 12.2. The molecule has 0 saturated heterocycles. The maximum absolute atomic E-state index is 12.2. The van der Waals surface area contributed by atoms with E-state index in [0.29, 0.717) is 29.4 Å². The van der Waals surface area contributed by atoms with Crippen molar-refractivity contribution in [3.63, 3.8) is 0 Å². The van der Waals surface area contributed by atoms with E-state index < -0.39 is 0 Å². The lowest BCUT2D eigenvalue weighted by Gasteiger charge is -2.30. The fourth-order valence-corrected chi connectivity index (χ4v) is 2.64. The van der Waals surface area contributed by atoms with Gasteiger partial charge in [0.05, 0.1) is 23.1 Å². The second-order valence-corrected chi connectivity index (χ2v) is 5.21. The summed E-state index contributed by atoms with van der Waals surface area (Å²) >= 11 is 0. The first kappa shape index (κ1) is 12.7. The predicted molar refractivity (Wildman–Crippen MR) is 78.6 cm³/mol. The van der Waals surface area contributed by atoms with Crippen LogP contribution in [0.15, 0.2) is 36.5 Å². The lowest BCUT2D eigenvalue weighted by atomic mass is 9.77. The number of nitrogens with zero attached hydrogens (tertiary/aromatic N) is 1. The lowest BCUT2D eigenvalue weighted by Crippen LogP contribution is -2.33. The molecule has 1 aromatic heterocycles. The van der Waals surface area contributed by atoms with Gasteiger partial charge in [0.25, 0.3) is 5.91 Å². The summed E-state index contributed by atoms with van der Waals surface area (Å²) in [6.07, 6.45) is 2.60. The molecular weight excluding hydrogens is 250 g/mol. The topological polar surface area (TPSA) is 68.0 Å². The summed E-state index contributed by atoms with van der Waals surface area (Å²) in [6, 6.07) is 10.0. The molecule has 0 fully saturated rings. The van der Waals surface area contributed by atoms with Gasteiger partial charge in [-0.1, -0.05) is 24.3 Å². The third kappa shape index (κ3) is 2.25. The van der Waals surface area contributed by atoms with Crippen LogP contribution in [0.25, 0.3) is 0 Å². The SMILES string of the molecule is Cc1ncc(N)cc1C(=O)NCC1Cc2ccccc21. The first-order chi connectivity index (χ1) is 9.65. The standard InChI is InChI=1S/C16H17N3O/c1-10-15(7-13(17)9-18-10)16(20)19-8-12-6-11-4-2-3-5-14(11)12/h2-5,7,9,12H,6,8,17H2,1H3,(H,19,20). The van der Waals surface area contributed by atoms with Crippen LogP contribution in [0, 0.1) is 6.92 Å². The van der Waals surface area contributed by atoms with Crippen molar-refractivity contribution in [3.05, 3.63) is 58.9 Å². The molecule has 0 saturated carbocycles. The number of aryl methyl sites for hydroxylation is 1. The molecule has 3 rings (SSSR count). The number of rotatable bonds is 3. The number of amides is 1. The summed E-state index contributed by atoms with van der Waals surface area (Å²) < 4.78 is 0. The van der Waals surface area contributed by atoms with Crippen LogP contribution >= 0.6 is 0 Å². The quantitative estimate of drug-likeness (QED) is 0.894. The third-order valence-electron chi connectivity index (χ3n) is 3.82. The zero-order valence-electron chi connectivity index (χ0n) is 11.4. The normalized spacial score (nSPS) is 16.1. The number of nitrogens with one attached hydrogen (secondary N) is 1. The van der Waals surface area contributed by atoms with Crippen molar-refractivity contribution in [2.24, 2.45) is 0 Å². The molecule has 4 heteroatoms. The highest BCUT2D eigenvalue weighted by Gasteiger charge is 2.25. The molecule has 0 aliphatic heterocycles. The maximum Gasteiger partial charge on any atom is 0.253 e. The molecule has 3 N–H and O–H groups in total. The highest BCUT2D eigenvalue weighted by Crippen LogP contribution is 2.34. The molecule has 2 aromatic rings. The van der Waals surface area contributed by atoms with Crippen molar-refractivity contribution in [3.8, 4) is 0 Å². The van der Waals surface area contributed by atoms with Gasteiger partial charge in [-0.15, -0.1) is 0 Å². The molecule has 4 nitrogen and oxygen atoms in total. The van der Waals surface area contributed by atoms with Gasteiger partial charge in [-0.05, 0) is 30.5 Å². The van der Waals surface area contributed by atoms with E-state index in [1.807, 2.05) is 13.0 Å². The van der Waals surface area contributed by atoms with Gasteiger partial charge in [0.15, 0.2) is 0 Å². The number of anilines is 1. The zero-order chi connectivity index (χ0) is 14.1. The van der Waals surface area contributed by atoms with E-state index >= 15 is 0 Å². The largest absolute Gasteiger partial charge is 0.397 e. The van der Waals surface area contributed by atoms with Crippen LogP contribution in [-0.2, 0) is 6.42 Å². The number of carbonyl (C=O) groups excluding carboxylic acids is 1. The van der Waals surface area contributed by atoms with Crippen LogP contribution in [0.5, 0.6) is 0 Å². The van der Waals surface area contributed by atoms with Gasteiger partial charge in [0, 0.05) is 12.5 Å². The molecule has 1 heterocycles. The summed E-state index contributed by atoms with van der Waals surface area (Å²) in [7, 11) is 0. The zero-order valence-corrected chi connectivity index (χ0v) is 11.4. The number of nitrogens with two attached hydrogens (primary N) is 1. The summed E-state index contributed by atoms with van der Waals surface area (Å²) in [6.45, 7) is 2.47. The Balaban J connectivity index is 1.65. The average molecular weight is 267 g/mol. The molecule has 1 aliphatic rings. The lowest BCUT2D eigenvalue weighted by molar-refractivity contribution is 0.0949. The predicted octanol–water partition coefficient (Wildman–Crippen LogP) is 2.04. The minimum absolute atomic E-state index is 0.105. The van der Waals surface area contributed by atoms with Crippen molar-refractivity contribution in [1.82, 2.24) is 10.3 Å². The second-order valence-electron chi connectivity index (χ2n) is 5.21. The monoisotopic (exact) mass is 267 g/mol. The van der Waals surface area contributed by atoms with E-state index in [2.05, 4.69) is 28.5 Å². The van der Waals surface area contributed by atoms with Crippen molar-refractivity contribution >= 4 is 11.6 Å². The van der Waals surface area contributed by atoms with Gasteiger partial charge < -0.3 is 11.1 Å². The molecule has 0 radical (unpaired) electrons. The highest BCUT2D eigenvalue weighted by molar-refractivity contribution is 5.96. The number of fused-ring (bicyclic) bond motifs is 1. The molecule has 1 aliphatic carbocycles. The number of hydrogen-bond acceptors (Lipinski definition) is 3. The third-order valence-corrected chi connectivity index (χ3v) is 3.82. The summed E-state index contributed by atoms with van der Waals surface area (Å²) in [5, 5.41) is 2.98. The van der Waals surface area contributed by atoms with Gasteiger partial charge in [0.2, 0.25) is 0 Å². The van der Waals surface area contributed by atoms with Crippen molar-refractivity contribution in [2.45, 2.75) is 19.3 Å². The van der Waals surface area contributed by atoms with Gasteiger partial charge in [-0.25, -0.2) is 0 Å². The minimum atomic E-state index is -0.105. The minimum Gasteiger partial charge on any atom is -0.397 e. The van der Waals surface area contributed by atoms with Crippen molar-refractivity contribution in [2.75, 3.05) is 12.3 Å². The Labute approximate surface area is 118 Å². The Morgan fingerprint density at radius 2 is 2.25 bits per heavy atom. The summed E-state index contributed by atoms with van der Waals surface area (Å²) in [4.78, 5) is 16.3. The van der Waals surface area contributed by atoms with Crippen LogP contribution < -0.4 is 11.1 Å². The Morgan fingerprint density at radius 3 is 3.05 bits per heavy atom. The molecule has 1 amide bonds. The van der Waals surface area contributed by atoms with Crippen molar-refractivity contribution in [1.29, 1.82) is 0 Å².